The maximum absolute atomic E-state index is 9.88. The minimum atomic E-state index is -0.249. The van der Waals surface area contributed by atoms with Crippen molar-refractivity contribution >= 4 is 31.9 Å². The highest BCUT2D eigenvalue weighted by atomic mass is 79.9. The highest BCUT2D eigenvalue weighted by Crippen LogP contribution is 2.36. The average Bonchev–Trinajstić information content (AvgIpc) is 2.70. The first-order chi connectivity index (χ1) is 13.4. The lowest BCUT2D eigenvalue weighted by Gasteiger charge is -2.23. The molecule has 0 heterocycles. The van der Waals surface area contributed by atoms with E-state index in [0.717, 1.165) is 62.5 Å². The SMILES string of the molecule is CCc1cc(Br)c2c(c1)C(O)CCC2.CCc1cc(Br)c2c(c1)[C@H](O)CCC2. The Morgan fingerprint density at radius 2 is 1.14 bits per heavy atom. The van der Waals surface area contributed by atoms with Crippen molar-refractivity contribution in [1.82, 2.24) is 0 Å². The van der Waals surface area contributed by atoms with Gasteiger partial charge in [-0.1, -0.05) is 57.8 Å². The van der Waals surface area contributed by atoms with Crippen LogP contribution in [0.4, 0.5) is 0 Å². The fourth-order valence-electron chi connectivity index (χ4n) is 4.22. The van der Waals surface area contributed by atoms with Crippen molar-refractivity contribution in [3.05, 3.63) is 66.6 Å². The van der Waals surface area contributed by atoms with Gasteiger partial charge in [-0.05, 0) is 96.9 Å². The second kappa shape index (κ2) is 9.88. The molecule has 2 N–H and O–H groups in total. The molecule has 2 atom stereocenters. The molecule has 0 radical (unpaired) electrons. The van der Waals surface area contributed by atoms with Gasteiger partial charge in [0.25, 0.3) is 0 Å². The van der Waals surface area contributed by atoms with Crippen LogP contribution in [-0.4, -0.2) is 10.2 Å². The van der Waals surface area contributed by atoms with Gasteiger partial charge < -0.3 is 10.2 Å². The molecule has 0 aliphatic heterocycles. The predicted molar refractivity (Wildman–Crippen MR) is 123 cm³/mol. The van der Waals surface area contributed by atoms with Crippen molar-refractivity contribution in [1.29, 1.82) is 0 Å². The van der Waals surface area contributed by atoms with E-state index in [9.17, 15) is 10.2 Å². The zero-order valence-corrected chi connectivity index (χ0v) is 19.9. The van der Waals surface area contributed by atoms with E-state index in [1.165, 1.54) is 31.2 Å². The minimum Gasteiger partial charge on any atom is -0.388 e. The van der Waals surface area contributed by atoms with E-state index >= 15 is 0 Å². The number of hydrogen-bond acceptors (Lipinski definition) is 2. The molecule has 2 aromatic rings. The lowest BCUT2D eigenvalue weighted by atomic mass is 9.88. The first kappa shape index (κ1) is 22.0. The topological polar surface area (TPSA) is 40.5 Å². The Bertz CT molecular complexity index is 762. The van der Waals surface area contributed by atoms with Crippen LogP contribution >= 0.6 is 31.9 Å². The highest BCUT2D eigenvalue weighted by Gasteiger charge is 2.21. The molecule has 0 fully saturated rings. The summed E-state index contributed by atoms with van der Waals surface area (Å²) in [5, 5.41) is 19.8. The summed E-state index contributed by atoms with van der Waals surface area (Å²) in [5.41, 5.74) is 7.50. The number of fused-ring (bicyclic) bond motifs is 2. The van der Waals surface area contributed by atoms with Crippen LogP contribution < -0.4 is 0 Å². The van der Waals surface area contributed by atoms with E-state index in [1.807, 2.05) is 0 Å². The zero-order chi connectivity index (χ0) is 20.3. The molecule has 152 valence electrons. The molecule has 2 nitrogen and oxygen atoms in total. The molecule has 0 amide bonds. The van der Waals surface area contributed by atoms with Crippen molar-refractivity contribution in [3.8, 4) is 0 Å². The molecule has 2 aliphatic carbocycles. The van der Waals surface area contributed by atoms with Crippen LogP contribution in [0.2, 0.25) is 0 Å². The molecule has 0 aromatic heterocycles. The number of hydrogen-bond donors (Lipinski definition) is 2. The smallest absolute Gasteiger partial charge is 0.0793 e. The molecular formula is C24H30Br2O2. The van der Waals surface area contributed by atoms with Crippen LogP contribution in [0.25, 0.3) is 0 Å². The third-order valence-electron chi connectivity index (χ3n) is 5.92. The Balaban J connectivity index is 0.000000161. The predicted octanol–water partition coefficient (Wildman–Crippen LogP) is 6.76. The van der Waals surface area contributed by atoms with Crippen LogP contribution in [0.15, 0.2) is 33.2 Å². The van der Waals surface area contributed by atoms with Gasteiger partial charge in [-0.15, -0.1) is 0 Å². The summed E-state index contributed by atoms with van der Waals surface area (Å²) in [6.07, 6.45) is 7.75. The summed E-state index contributed by atoms with van der Waals surface area (Å²) < 4.78 is 2.34. The quantitative estimate of drug-likeness (QED) is 0.469. The minimum absolute atomic E-state index is 0.249. The van der Waals surface area contributed by atoms with Gasteiger partial charge in [-0.2, -0.15) is 0 Å². The molecular weight excluding hydrogens is 480 g/mol. The van der Waals surface area contributed by atoms with E-state index in [2.05, 4.69) is 70.0 Å². The second-order valence-corrected chi connectivity index (χ2v) is 9.52. The third-order valence-corrected chi connectivity index (χ3v) is 7.34. The number of aryl methyl sites for hydroxylation is 2. The number of aliphatic hydroxyl groups is 2. The molecule has 0 saturated heterocycles. The zero-order valence-electron chi connectivity index (χ0n) is 16.8. The average molecular weight is 510 g/mol. The number of halogens is 2. The van der Waals surface area contributed by atoms with E-state index in [-0.39, 0.29) is 12.2 Å². The fourth-order valence-corrected chi connectivity index (χ4v) is 5.66. The molecule has 0 bridgehead atoms. The van der Waals surface area contributed by atoms with Crippen molar-refractivity contribution in [2.45, 2.75) is 77.4 Å². The Kier molecular flexibility index (Phi) is 7.77. The molecule has 28 heavy (non-hydrogen) atoms. The van der Waals surface area contributed by atoms with Crippen molar-refractivity contribution in [2.24, 2.45) is 0 Å². The number of rotatable bonds is 2. The van der Waals surface area contributed by atoms with Crippen LogP contribution in [0, 0.1) is 0 Å². The van der Waals surface area contributed by atoms with Gasteiger partial charge in [-0.3, -0.25) is 0 Å². The summed E-state index contributed by atoms with van der Waals surface area (Å²) >= 11 is 7.18. The molecule has 0 spiro atoms. The van der Waals surface area contributed by atoms with Crippen LogP contribution in [0.1, 0.15) is 85.1 Å². The first-order valence-electron chi connectivity index (χ1n) is 10.4. The van der Waals surface area contributed by atoms with E-state index in [4.69, 9.17) is 0 Å². The molecule has 2 aliphatic rings. The summed E-state index contributed by atoms with van der Waals surface area (Å²) in [6.45, 7) is 4.28. The molecule has 0 saturated carbocycles. The molecule has 4 rings (SSSR count). The van der Waals surface area contributed by atoms with Gasteiger partial charge in [0.2, 0.25) is 0 Å². The summed E-state index contributed by atoms with van der Waals surface area (Å²) in [7, 11) is 0. The van der Waals surface area contributed by atoms with Gasteiger partial charge in [0.05, 0.1) is 12.2 Å². The van der Waals surface area contributed by atoms with Gasteiger partial charge in [-0.25, -0.2) is 0 Å². The first-order valence-corrected chi connectivity index (χ1v) is 12.0. The second-order valence-electron chi connectivity index (χ2n) is 7.81. The summed E-state index contributed by atoms with van der Waals surface area (Å²) in [5.74, 6) is 0. The number of aliphatic hydroxyl groups excluding tert-OH is 2. The van der Waals surface area contributed by atoms with Crippen molar-refractivity contribution < 1.29 is 10.2 Å². The van der Waals surface area contributed by atoms with Gasteiger partial charge in [0.1, 0.15) is 0 Å². The normalized spacial score (nSPS) is 20.6. The Morgan fingerprint density at radius 3 is 1.50 bits per heavy atom. The monoisotopic (exact) mass is 508 g/mol. The number of benzene rings is 2. The summed E-state index contributed by atoms with van der Waals surface area (Å²) in [6, 6.07) is 8.67. The van der Waals surface area contributed by atoms with Crippen LogP contribution in [0.5, 0.6) is 0 Å². The van der Waals surface area contributed by atoms with E-state index < -0.39 is 0 Å². The molecule has 2 aromatic carbocycles. The van der Waals surface area contributed by atoms with Crippen molar-refractivity contribution in [3.63, 3.8) is 0 Å². The Labute approximate surface area is 185 Å². The fraction of sp³-hybridized carbons (Fsp3) is 0.500. The maximum atomic E-state index is 9.88. The van der Waals surface area contributed by atoms with Crippen LogP contribution in [0.3, 0.4) is 0 Å². The van der Waals surface area contributed by atoms with E-state index in [0.29, 0.717) is 0 Å². The van der Waals surface area contributed by atoms with Crippen LogP contribution in [-0.2, 0) is 25.7 Å². The lowest BCUT2D eigenvalue weighted by Crippen LogP contribution is -2.10. The molecule has 1 unspecified atom stereocenters. The highest BCUT2D eigenvalue weighted by molar-refractivity contribution is 9.10. The van der Waals surface area contributed by atoms with Gasteiger partial charge in [0.15, 0.2) is 0 Å². The Hall–Kier alpha value is -0.680. The van der Waals surface area contributed by atoms with E-state index in [1.54, 1.807) is 0 Å². The molecule has 4 heteroatoms. The maximum Gasteiger partial charge on any atom is 0.0793 e. The largest absolute Gasteiger partial charge is 0.388 e. The van der Waals surface area contributed by atoms with Crippen molar-refractivity contribution in [2.75, 3.05) is 0 Å². The summed E-state index contributed by atoms with van der Waals surface area (Å²) in [4.78, 5) is 0. The standard InChI is InChI=1S/2C12H15BrO/c2*1-2-8-6-10-9(11(13)7-8)4-3-5-12(10)14/h2*6-7,12,14H,2-5H2,1H3/t12-;/m1./s1. The third kappa shape index (κ3) is 4.89. The van der Waals surface area contributed by atoms with Gasteiger partial charge >= 0.3 is 0 Å². The van der Waals surface area contributed by atoms with Gasteiger partial charge in [0, 0.05) is 8.95 Å². The lowest BCUT2D eigenvalue weighted by molar-refractivity contribution is 0.156. The Morgan fingerprint density at radius 1 is 0.750 bits per heavy atom.